The van der Waals surface area contributed by atoms with Gasteiger partial charge in [-0.3, -0.25) is 23.9 Å². The van der Waals surface area contributed by atoms with Crippen LogP contribution in [0.3, 0.4) is 0 Å². The first-order valence-electron chi connectivity index (χ1n) is 21.6. The number of carbonyl (C=O) groups excluding carboxylic acids is 4. The summed E-state index contributed by atoms with van der Waals surface area (Å²) >= 11 is 0. The van der Waals surface area contributed by atoms with Crippen molar-refractivity contribution in [3.8, 4) is 17.3 Å². The Hall–Kier alpha value is -5.58. The topological polar surface area (TPSA) is 175 Å². The average molecular weight is 907 g/mol. The third-order valence-electron chi connectivity index (χ3n) is 12.1. The number of furan rings is 1. The van der Waals surface area contributed by atoms with Crippen molar-refractivity contribution in [3.05, 3.63) is 79.4 Å². The van der Waals surface area contributed by atoms with Crippen molar-refractivity contribution in [1.82, 2.24) is 19.6 Å². The number of rotatable bonds is 19. The number of para-hydroxylation sites is 1. The number of amides is 2. The lowest BCUT2D eigenvalue weighted by atomic mass is 9.90. The zero-order chi connectivity index (χ0) is 46.2. The number of nitrogens with zero attached hydrogens (tertiary/aromatic N) is 3. The zero-order valence-corrected chi connectivity index (χ0v) is 36.9. The molecule has 64 heavy (non-hydrogen) atoms. The molecule has 3 heterocycles. The van der Waals surface area contributed by atoms with Crippen molar-refractivity contribution in [2.24, 2.45) is 17.3 Å². The average Bonchev–Trinajstić information content (AvgIpc) is 4.14. The van der Waals surface area contributed by atoms with Gasteiger partial charge in [-0.15, -0.1) is 13.2 Å². The highest BCUT2D eigenvalue weighted by molar-refractivity contribution is 7.90. The lowest BCUT2D eigenvalue weighted by molar-refractivity contribution is -0.159. The maximum atomic E-state index is 14.8. The van der Waals surface area contributed by atoms with Gasteiger partial charge in [0.2, 0.25) is 27.4 Å². The van der Waals surface area contributed by atoms with Gasteiger partial charge in [0.1, 0.15) is 22.8 Å². The molecule has 1 N–H and O–H groups in total. The molecular weight excluding hydrogens is 854 g/mol. The third kappa shape index (κ3) is 10.3. The summed E-state index contributed by atoms with van der Waals surface area (Å²) in [6, 6.07) is 10.2. The second kappa shape index (κ2) is 18.1. The minimum atomic E-state index is -4.57. The molecule has 3 aliphatic rings. The summed E-state index contributed by atoms with van der Waals surface area (Å²) < 4.78 is 86.8. The van der Waals surface area contributed by atoms with E-state index in [1.807, 2.05) is 0 Å². The van der Waals surface area contributed by atoms with E-state index >= 15 is 0 Å². The Balaban J connectivity index is 1.23. The molecule has 2 aromatic heterocycles. The molecule has 0 radical (unpaired) electrons. The summed E-state index contributed by atoms with van der Waals surface area (Å²) in [7, 11) is -3.94. The first-order chi connectivity index (χ1) is 30.2. The van der Waals surface area contributed by atoms with Gasteiger partial charge in [0, 0.05) is 29.7 Å². The van der Waals surface area contributed by atoms with E-state index in [2.05, 4.69) is 27.8 Å². The quantitative estimate of drug-likeness (QED) is 0.0542. The number of fused-ring (bicyclic) bond motifs is 3. The standard InChI is InChI=1S/C47H53F3N4O9S/c1-6-8-9-10-11-14-29(23-38(56)63-45(3,4)5)43(57)54-27-32(24-35(54)36(55)26-46(25-30(46)7-2)44(58)53-64(59,60)33-21-22-33)61-42-40-39(34-15-12-13-16-37(34)62-40)51-41(52-42)28-17-19-31(20-18-28)47(48,49)50/h6-7,12-13,15-20,29-30,32-33,35H,1-2,8-11,14,21-27H2,3-5H3,(H,53,58)/t29-,30-,32-,35+,46-/m1/s1. The van der Waals surface area contributed by atoms with Gasteiger partial charge in [0.25, 0.3) is 5.88 Å². The molecular formula is C47H53F3N4O9S. The van der Waals surface area contributed by atoms with Crippen molar-refractivity contribution in [1.29, 1.82) is 0 Å². The molecule has 17 heteroatoms. The summed E-state index contributed by atoms with van der Waals surface area (Å²) in [5.74, 6) is -3.81. The molecule has 13 nitrogen and oxygen atoms in total. The van der Waals surface area contributed by atoms with Crippen molar-refractivity contribution >= 4 is 55.7 Å². The molecule has 3 fully saturated rings. The fourth-order valence-electron chi connectivity index (χ4n) is 8.47. The van der Waals surface area contributed by atoms with Crippen LogP contribution in [0.1, 0.15) is 97.0 Å². The lowest BCUT2D eigenvalue weighted by Gasteiger charge is -2.29. The Morgan fingerprint density at radius 2 is 1.73 bits per heavy atom. The van der Waals surface area contributed by atoms with Crippen LogP contribution in [0, 0.1) is 17.3 Å². The number of Topliss-reactive ketones (excluding diaryl/α,β-unsaturated/α-hetero) is 1. The molecule has 0 spiro atoms. The fraction of sp³-hybridized carbons (Fsp3) is 0.489. The number of likely N-dealkylation sites (tertiary alicyclic amines) is 1. The van der Waals surface area contributed by atoms with E-state index in [1.165, 1.54) is 23.1 Å². The van der Waals surface area contributed by atoms with Crippen LogP contribution in [-0.4, -0.2) is 76.4 Å². The zero-order valence-electron chi connectivity index (χ0n) is 36.1. The van der Waals surface area contributed by atoms with Crippen molar-refractivity contribution in [2.45, 2.75) is 121 Å². The molecule has 1 aliphatic heterocycles. The van der Waals surface area contributed by atoms with Gasteiger partial charge in [-0.1, -0.05) is 49.3 Å². The first kappa shape index (κ1) is 46.4. The van der Waals surface area contributed by atoms with E-state index in [1.54, 1.807) is 51.1 Å². The van der Waals surface area contributed by atoms with Gasteiger partial charge in [0.05, 0.1) is 35.2 Å². The third-order valence-corrected chi connectivity index (χ3v) is 13.9. The summed E-state index contributed by atoms with van der Waals surface area (Å²) in [4.78, 5) is 67.2. The van der Waals surface area contributed by atoms with Gasteiger partial charge in [-0.05, 0) is 89.5 Å². The van der Waals surface area contributed by atoms with Crippen LogP contribution in [0.2, 0.25) is 0 Å². The van der Waals surface area contributed by atoms with Crippen LogP contribution < -0.4 is 9.46 Å². The predicted octanol–water partition coefficient (Wildman–Crippen LogP) is 8.65. The molecule has 5 atom stereocenters. The molecule has 2 aromatic carbocycles. The highest BCUT2D eigenvalue weighted by atomic mass is 32.2. The molecule has 342 valence electrons. The largest absolute Gasteiger partial charge is 0.470 e. The predicted molar refractivity (Wildman–Crippen MR) is 232 cm³/mol. The number of hydrogen-bond donors (Lipinski definition) is 1. The van der Waals surface area contributed by atoms with E-state index in [0.717, 1.165) is 31.4 Å². The number of benzene rings is 2. The van der Waals surface area contributed by atoms with Gasteiger partial charge in [0.15, 0.2) is 11.6 Å². The molecule has 2 amide bonds. The number of sulfonamides is 1. The number of esters is 1. The normalized spacial score (nSPS) is 21.7. The maximum Gasteiger partial charge on any atom is 0.416 e. The lowest BCUT2D eigenvalue weighted by Crippen LogP contribution is -2.46. The van der Waals surface area contributed by atoms with Crippen molar-refractivity contribution in [2.75, 3.05) is 6.54 Å². The molecule has 4 aromatic rings. The van der Waals surface area contributed by atoms with Gasteiger partial charge < -0.3 is 18.8 Å². The van der Waals surface area contributed by atoms with E-state index in [9.17, 15) is 40.8 Å². The molecule has 7 rings (SSSR count). The molecule has 0 bridgehead atoms. The smallest absolute Gasteiger partial charge is 0.416 e. The van der Waals surface area contributed by atoms with Crippen LogP contribution in [0.25, 0.3) is 33.5 Å². The number of carbonyl (C=O) groups is 4. The number of hydrogen-bond acceptors (Lipinski definition) is 11. The van der Waals surface area contributed by atoms with Crippen LogP contribution in [0.15, 0.2) is 78.3 Å². The number of unbranched alkanes of at least 4 members (excludes halogenated alkanes) is 3. The highest BCUT2D eigenvalue weighted by Gasteiger charge is 2.61. The number of allylic oxidation sites excluding steroid dienone is 2. The highest BCUT2D eigenvalue weighted by Crippen LogP contribution is 2.57. The van der Waals surface area contributed by atoms with Crippen LogP contribution in [0.4, 0.5) is 13.2 Å². The Labute approximate surface area is 369 Å². The molecule has 2 saturated carbocycles. The number of nitrogens with one attached hydrogen (secondary N) is 1. The number of alkyl halides is 3. The number of halogens is 3. The summed E-state index contributed by atoms with van der Waals surface area (Å²) in [6.45, 7) is 12.6. The fourth-order valence-corrected chi connectivity index (χ4v) is 9.85. The van der Waals surface area contributed by atoms with Crippen LogP contribution in [-0.2, 0) is 40.1 Å². The number of ketones is 1. The second-order valence-electron chi connectivity index (χ2n) is 18.1. The van der Waals surface area contributed by atoms with E-state index in [-0.39, 0.29) is 48.7 Å². The van der Waals surface area contributed by atoms with Gasteiger partial charge in [-0.25, -0.2) is 13.4 Å². The van der Waals surface area contributed by atoms with Crippen LogP contribution in [0.5, 0.6) is 5.88 Å². The SMILES string of the molecule is C=CCCCCC[C@H](CC(=O)OC(C)(C)C)C(=O)N1C[C@H](Oc2nc(-c3ccc(C(F)(F)F)cc3)nc3c2oc2ccccc23)C[C@H]1C(=O)C[C@]1(C(=O)NS(=O)(=O)C2CC2)C[C@H]1C=C. The molecule has 1 saturated heterocycles. The minimum Gasteiger partial charge on any atom is -0.470 e. The Morgan fingerprint density at radius 1 is 1.02 bits per heavy atom. The van der Waals surface area contributed by atoms with Gasteiger partial charge in [-0.2, -0.15) is 18.2 Å². The minimum absolute atomic E-state index is 0.0357. The maximum absolute atomic E-state index is 14.8. The Bertz CT molecular complexity index is 2570. The number of aromatic nitrogens is 2. The van der Waals surface area contributed by atoms with Crippen LogP contribution >= 0.6 is 0 Å². The first-order valence-corrected chi connectivity index (χ1v) is 23.2. The second-order valence-corrected chi connectivity index (χ2v) is 20.1. The van der Waals surface area contributed by atoms with E-state index in [0.29, 0.717) is 42.2 Å². The summed E-state index contributed by atoms with van der Waals surface area (Å²) in [6.07, 6.45) is 1.39. The monoisotopic (exact) mass is 906 g/mol. The van der Waals surface area contributed by atoms with E-state index < -0.39 is 92.0 Å². The Morgan fingerprint density at radius 3 is 2.38 bits per heavy atom. The van der Waals surface area contributed by atoms with Crippen molar-refractivity contribution < 1.29 is 54.7 Å². The molecule has 2 aliphatic carbocycles. The number of ether oxygens (including phenoxy) is 2. The Kier molecular flexibility index (Phi) is 13.1. The van der Waals surface area contributed by atoms with E-state index in [4.69, 9.17) is 13.9 Å². The summed E-state index contributed by atoms with van der Waals surface area (Å²) in [5, 5.41) is -0.0924. The van der Waals surface area contributed by atoms with Crippen molar-refractivity contribution in [3.63, 3.8) is 0 Å². The van der Waals surface area contributed by atoms with Gasteiger partial charge >= 0.3 is 12.1 Å². The molecule has 0 unspecified atom stereocenters. The summed E-state index contributed by atoms with van der Waals surface area (Å²) in [5.41, 5.74) is -1.94.